The summed E-state index contributed by atoms with van der Waals surface area (Å²) in [5.74, 6) is 0. The van der Waals surface area contributed by atoms with Gasteiger partial charge in [-0.2, -0.15) is 0 Å². The summed E-state index contributed by atoms with van der Waals surface area (Å²) in [5, 5.41) is 0. The van der Waals surface area contributed by atoms with E-state index in [1.165, 1.54) is 0 Å². The predicted molar refractivity (Wildman–Crippen MR) is 75.3 cm³/mol. The Balaban J connectivity index is 1.74. The van der Waals surface area contributed by atoms with E-state index >= 15 is 0 Å². The monoisotopic (exact) mass is 269 g/mol. The molecule has 0 aromatic rings. The van der Waals surface area contributed by atoms with E-state index in [9.17, 15) is 4.79 Å². The largest absolute Gasteiger partial charge is 0.446 e. The number of carbonyl (C=O) groups excluding carboxylic acids is 1. The number of likely N-dealkylation sites (tertiary alicyclic amines) is 1. The standard InChI is InChI=1S/C14H27N3O2/c1-3-16-9-5-13(6-10-16)19-14(18)17-8-4-7-15(2)11-12-17/h13H,3-12H2,1-2H3. The van der Waals surface area contributed by atoms with E-state index in [4.69, 9.17) is 4.74 Å². The lowest BCUT2D eigenvalue weighted by Crippen LogP contribution is -2.41. The number of nitrogens with zero attached hydrogens (tertiary/aromatic N) is 3. The minimum Gasteiger partial charge on any atom is -0.446 e. The van der Waals surface area contributed by atoms with Gasteiger partial charge in [0.1, 0.15) is 6.10 Å². The van der Waals surface area contributed by atoms with Crippen LogP contribution in [0.4, 0.5) is 4.79 Å². The predicted octanol–water partition coefficient (Wildman–Crippen LogP) is 1.24. The molecule has 0 spiro atoms. The maximum absolute atomic E-state index is 12.1. The molecule has 5 nitrogen and oxygen atoms in total. The fourth-order valence-corrected chi connectivity index (χ4v) is 2.79. The van der Waals surface area contributed by atoms with Crippen molar-refractivity contribution >= 4 is 6.09 Å². The Bertz CT molecular complexity index is 290. The number of carbonyl (C=O) groups is 1. The van der Waals surface area contributed by atoms with Gasteiger partial charge in [0.2, 0.25) is 0 Å². The minimum absolute atomic E-state index is 0.106. The molecule has 0 aromatic heterocycles. The minimum atomic E-state index is -0.106. The zero-order valence-electron chi connectivity index (χ0n) is 12.3. The number of rotatable bonds is 2. The highest BCUT2D eigenvalue weighted by Crippen LogP contribution is 2.15. The summed E-state index contributed by atoms with van der Waals surface area (Å²) in [4.78, 5) is 18.7. The van der Waals surface area contributed by atoms with E-state index in [0.717, 1.165) is 65.1 Å². The molecule has 2 saturated heterocycles. The van der Waals surface area contributed by atoms with Crippen LogP contribution in [-0.4, -0.2) is 79.8 Å². The quantitative estimate of drug-likeness (QED) is 0.756. The van der Waals surface area contributed by atoms with Crippen LogP contribution in [0.5, 0.6) is 0 Å². The molecule has 1 amide bonds. The van der Waals surface area contributed by atoms with E-state index in [2.05, 4.69) is 23.8 Å². The smallest absolute Gasteiger partial charge is 0.410 e. The van der Waals surface area contributed by atoms with Crippen LogP contribution in [0.1, 0.15) is 26.2 Å². The van der Waals surface area contributed by atoms with Crippen LogP contribution in [0.2, 0.25) is 0 Å². The first-order chi connectivity index (χ1) is 9.19. The summed E-state index contributed by atoms with van der Waals surface area (Å²) in [6.07, 6.45) is 3.02. The van der Waals surface area contributed by atoms with Gasteiger partial charge in [0.25, 0.3) is 0 Å². The van der Waals surface area contributed by atoms with Crippen LogP contribution >= 0.6 is 0 Å². The van der Waals surface area contributed by atoms with Crippen molar-refractivity contribution in [3.05, 3.63) is 0 Å². The van der Waals surface area contributed by atoms with Gasteiger partial charge in [0.15, 0.2) is 0 Å². The molecular weight excluding hydrogens is 242 g/mol. The molecule has 0 unspecified atom stereocenters. The molecule has 0 radical (unpaired) electrons. The highest BCUT2D eigenvalue weighted by molar-refractivity contribution is 5.67. The summed E-state index contributed by atoms with van der Waals surface area (Å²) in [6, 6.07) is 0. The molecule has 0 saturated carbocycles. The number of hydrogen-bond donors (Lipinski definition) is 0. The van der Waals surface area contributed by atoms with Gasteiger partial charge < -0.3 is 19.4 Å². The third kappa shape index (κ3) is 4.35. The van der Waals surface area contributed by atoms with Crippen LogP contribution < -0.4 is 0 Å². The van der Waals surface area contributed by atoms with E-state index < -0.39 is 0 Å². The zero-order valence-corrected chi connectivity index (χ0v) is 12.3. The van der Waals surface area contributed by atoms with Crippen molar-refractivity contribution in [3.63, 3.8) is 0 Å². The second kappa shape index (κ2) is 7.10. The van der Waals surface area contributed by atoms with Gasteiger partial charge in [-0.25, -0.2) is 4.79 Å². The van der Waals surface area contributed by atoms with Crippen LogP contribution in [0.15, 0.2) is 0 Å². The molecule has 0 bridgehead atoms. The molecule has 5 heteroatoms. The van der Waals surface area contributed by atoms with Gasteiger partial charge in [-0.3, -0.25) is 0 Å². The van der Waals surface area contributed by atoms with Gasteiger partial charge in [-0.1, -0.05) is 6.92 Å². The number of hydrogen-bond acceptors (Lipinski definition) is 4. The fourth-order valence-electron chi connectivity index (χ4n) is 2.79. The Kier molecular flexibility index (Phi) is 5.45. The van der Waals surface area contributed by atoms with Gasteiger partial charge in [0.05, 0.1) is 0 Å². The molecule has 2 rings (SSSR count). The normalized spacial score (nSPS) is 24.2. The average molecular weight is 269 g/mol. The fraction of sp³-hybridized carbons (Fsp3) is 0.929. The van der Waals surface area contributed by atoms with E-state index in [1.807, 2.05) is 4.90 Å². The summed E-state index contributed by atoms with van der Waals surface area (Å²) < 4.78 is 5.66. The van der Waals surface area contributed by atoms with Crippen molar-refractivity contribution in [2.24, 2.45) is 0 Å². The lowest BCUT2D eigenvalue weighted by atomic mass is 10.1. The van der Waals surface area contributed by atoms with Gasteiger partial charge in [-0.15, -0.1) is 0 Å². The van der Waals surface area contributed by atoms with Crippen molar-refractivity contribution in [2.75, 3.05) is 52.9 Å². The summed E-state index contributed by atoms with van der Waals surface area (Å²) >= 11 is 0. The highest BCUT2D eigenvalue weighted by Gasteiger charge is 2.25. The molecule has 2 aliphatic rings. The van der Waals surface area contributed by atoms with E-state index in [0.29, 0.717) is 0 Å². The van der Waals surface area contributed by atoms with Gasteiger partial charge in [0, 0.05) is 32.7 Å². The molecule has 19 heavy (non-hydrogen) atoms. The Morgan fingerprint density at radius 3 is 2.53 bits per heavy atom. The maximum atomic E-state index is 12.1. The van der Waals surface area contributed by atoms with Crippen molar-refractivity contribution < 1.29 is 9.53 Å². The topological polar surface area (TPSA) is 36.0 Å². The lowest BCUT2D eigenvalue weighted by Gasteiger charge is -2.32. The first-order valence-electron chi connectivity index (χ1n) is 7.55. The van der Waals surface area contributed by atoms with Crippen LogP contribution in [-0.2, 0) is 4.74 Å². The second-order valence-electron chi connectivity index (χ2n) is 5.66. The third-order valence-corrected chi connectivity index (χ3v) is 4.23. The molecule has 0 aromatic carbocycles. The summed E-state index contributed by atoms with van der Waals surface area (Å²) in [7, 11) is 2.11. The molecular formula is C14H27N3O2. The van der Waals surface area contributed by atoms with E-state index in [-0.39, 0.29) is 12.2 Å². The number of likely N-dealkylation sites (N-methyl/N-ethyl adjacent to an activating group) is 1. The number of amides is 1. The van der Waals surface area contributed by atoms with Crippen LogP contribution in [0, 0.1) is 0 Å². The maximum Gasteiger partial charge on any atom is 0.410 e. The Morgan fingerprint density at radius 2 is 1.84 bits per heavy atom. The van der Waals surface area contributed by atoms with E-state index in [1.54, 1.807) is 0 Å². The molecule has 2 fully saturated rings. The highest BCUT2D eigenvalue weighted by atomic mass is 16.6. The third-order valence-electron chi connectivity index (χ3n) is 4.23. The number of piperidine rings is 1. The lowest BCUT2D eigenvalue weighted by molar-refractivity contribution is 0.0302. The van der Waals surface area contributed by atoms with Crippen molar-refractivity contribution in [1.29, 1.82) is 0 Å². The zero-order chi connectivity index (χ0) is 13.7. The van der Waals surface area contributed by atoms with Crippen molar-refractivity contribution in [1.82, 2.24) is 14.7 Å². The Morgan fingerprint density at radius 1 is 1.11 bits per heavy atom. The van der Waals surface area contributed by atoms with Crippen LogP contribution in [0.25, 0.3) is 0 Å². The molecule has 2 aliphatic heterocycles. The summed E-state index contributed by atoms with van der Waals surface area (Å²) in [5.41, 5.74) is 0. The van der Waals surface area contributed by atoms with Crippen molar-refractivity contribution in [2.45, 2.75) is 32.3 Å². The van der Waals surface area contributed by atoms with Crippen LogP contribution in [0.3, 0.4) is 0 Å². The van der Waals surface area contributed by atoms with Gasteiger partial charge in [-0.05, 0) is 39.4 Å². The molecule has 0 aliphatic carbocycles. The first-order valence-corrected chi connectivity index (χ1v) is 7.55. The average Bonchev–Trinajstić information content (AvgIpc) is 2.64. The summed E-state index contributed by atoms with van der Waals surface area (Å²) in [6.45, 7) is 9.02. The SMILES string of the molecule is CCN1CCC(OC(=O)N2CCCN(C)CC2)CC1. The first kappa shape index (κ1) is 14.6. The second-order valence-corrected chi connectivity index (χ2v) is 5.66. The number of ether oxygens (including phenoxy) is 1. The van der Waals surface area contributed by atoms with Crippen molar-refractivity contribution in [3.8, 4) is 0 Å². The molecule has 0 atom stereocenters. The molecule has 2 heterocycles. The molecule has 0 N–H and O–H groups in total. The van der Waals surface area contributed by atoms with Gasteiger partial charge >= 0.3 is 6.09 Å². The Labute approximate surface area is 116 Å². The molecule has 110 valence electrons. The Hall–Kier alpha value is -0.810.